The third-order valence-electron chi connectivity index (χ3n) is 4.70. The Morgan fingerprint density at radius 2 is 1.77 bits per heavy atom. The second-order valence-corrected chi connectivity index (χ2v) is 8.92. The van der Waals surface area contributed by atoms with Crippen molar-refractivity contribution in [3.63, 3.8) is 0 Å². The first-order valence-corrected chi connectivity index (χ1v) is 10.8. The number of hydrogen-bond donors (Lipinski definition) is 1. The van der Waals surface area contributed by atoms with Gasteiger partial charge in [0, 0.05) is 23.7 Å². The van der Waals surface area contributed by atoms with Crippen LogP contribution in [0.1, 0.15) is 27.8 Å². The lowest BCUT2D eigenvalue weighted by Crippen LogP contribution is -2.25. The average Bonchev–Trinajstić information content (AvgIpc) is 3.13. The van der Waals surface area contributed by atoms with E-state index in [0.29, 0.717) is 4.90 Å². The van der Waals surface area contributed by atoms with Crippen LogP contribution in [0.5, 0.6) is 0 Å². The molecule has 1 aromatic carbocycles. The minimum Gasteiger partial charge on any atom is -0.256 e. The summed E-state index contributed by atoms with van der Waals surface area (Å²) in [7, 11) is -3.63. The van der Waals surface area contributed by atoms with Gasteiger partial charge < -0.3 is 0 Å². The maximum Gasteiger partial charge on any atom is 0.241 e. The number of pyridine rings is 1. The van der Waals surface area contributed by atoms with Gasteiger partial charge in [-0.15, -0.1) is 0 Å². The van der Waals surface area contributed by atoms with Gasteiger partial charge in [-0.2, -0.15) is 11.3 Å². The van der Waals surface area contributed by atoms with E-state index in [1.807, 2.05) is 62.7 Å². The molecule has 3 aromatic rings. The topological polar surface area (TPSA) is 59.1 Å². The van der Waals surface area contributed by atoms with Crippen molar-refractivity contribution in [3.8, 4) is 11.3 Å². The van der Waals surface area contributed by atoms with Crippen molar-refractivity contribution in [1.82, 2.24) is 9.71 Å². The lowest BCUT2D eigenvalue weighted by Gasteiger charge is -2.16. The molecule has 4 nitrogen and oxygen atoms in total. The molecule has 0 unspecified atom stereocenters. The molecule has 0 amide bonds. The van der Waals surface area contributed by atoms with Gasteiger partial charge in [0.05, 0.1) is 10.6 Å². The standard InChI is InChI=1S/C20H22N2O2S2/c1-13-10-14(2)16(4)20(15(13)3)26(23,24)22-11-17-6-5-8-21-19(17)18-7-9-25-12-18/h5-10,12,22H,11H2,1-4H3. The summed E-state index contributed by atoms with van der Waals surface area (Å²) in [5, 5.41) is 4.00. The normalized spacial score (nSPS) is 11.7. The highest BCUT2D eigenvalue weighted by Crippen LogP contribution is 2.27. The zero-order valence-corrected chi connectivity index (χ0v) is 17.0. The van der Waals surface area contributed by atoms with Gasteiger partial charge in [0.25, 0.3) is 0 Å². The first-order valence-electron chi connectivity index (χ1n) is 8.35. The molecule has 0 aliphatic carbocycles. The molecule has 6 heteroatoms. The van der Waals surface area contributed by atoms with E-state index in [1.54, 1.807) is 17.5 Å². The number of hydrogen-bond acceptors (Lipinski definition) is 4. The van der Waals surface area contributed by atoms with E-state index in [2.05, 4.69) is 9.71 Å². The summed E-state index contributed by atoms with van der Waals surface area (Å²) in [6.45, 7) is 7.80. The fraction of sp³-hybridized carbons (Fsp3) is 0.250. The Morgan fingerprint density at radius 1 is 1.08 bits per heavy atom. The molecule has 0 atom stereocenters. The van der Waals surface area contributed by atoms with E-state index < -0.39 is 10.0 Å². The van der Waals surface area contributed by atoms with Gasteiger partial charge in [-0.25, -0.2) is 13.1 Å². The number of rotatable bonds is 5. The molecule has 0 bridgehead atoms. The summed E-state index contributed by atoms with van der Waals surface area (Å²) in [4.78, 5) is 4.81. The van der Waals surface area contributed by atoms with Crippen LogP contribution in [0.4, 0.5) is 0 Å². The summed E-state index contributed by atoms with van der Waals surface area (Å²) >= 11 is 1.59. The Hall–Kier alpha value is -2.02. The van der Waals surface area contributed by atoms with Crippen LogP contribution >= 0.6 is 11.3 Å². The van der Waals surface area contributed by atoms with E-state index in [-0.39, 0.29) is 6.54 Å². The van der Waals surface area contributed by atoms with Gasteiger partial charge in [0.1, 0.15) is 0 Å². The summed E-state index contributed by atoms with van der Waals surface area (Å²) in [6, 6.07) is 7.75. The second-order valence-electron chi connectivity index (χ2n) is 6.44. The van der Waals surface area contributed by atoms with E-state index in [1.165, 1.54) is 0 Å². The van der Waals surface area contributed by atoms with Crippen LogP contribution in [0, 0.1) is 27.7 Å². The Balaban J connectivity index is 1.94. The number of nitrogens with zero attached hydrogens (tertiary/aromatic N) is 1. The molecule has 0 spiro atoms. The zero-order valence-electron chi connectivity index (χ0n) is 15.3. The van der Waals surface area contributed by atoms with Crippen LogP contribution in [0.3, 0.4) is 0 Å². The first-order chi connectivity index (χ1) is 12.3. The molecule has 3 rings (SSSR count). The number of aromatic nitrogens is 1. The minimum absolute atomic E-state index is 0.202. The smallest absolute Gasteiger partial charge is 0.241 e. The largest absolute Gasteiger partial charge is 0.256 e. The maximum absolute atomic E-state index is 13.0. The number of nitrogens with one attached hydrogen (secondary N) is 1. The predicted molar refractivity (Wildman–Crippen MR) is 107 cm³/mol. The molecule has 2 heterocycles. The fourth-order valence-electron chi connectivity index (χ4n) is 3.07. The zero-order chi connectivity index (χ0) is 18.9. The summed E-state index contributed by atoms with van der Waals surface area (Å²) in [5.41, 5.74) is 6.22. The molecule has 0 fully saturated rings. The second kappa shape index (κ2) is 7.31. The van der Waals surface area contributed by atoms with Crippen molar-refractivity contribution in [1.29, 1.82) is 0 Å². The van der Waals surface area contributed by atoms with Crippen LogP contribution in [-0.4, -0.2) is 13.4 Å². The third-order valence-corrected chi connectivity index (χ3v) is 7.06. The summed E-state index contributed by atoms with van der Waals surface area (Å²) < 4.78 is 28.8. The fourth-order valence-corrected chi connectivity index (χ4v) is 5.33. The molecule has 0 radical (unpaired) electrons. The van der Waals surface area contributed by atoms with Gasteiger partial charge in [0.2, 0.25) is 10.0 Å². The van der Waals surface area contributed by atoms with E-state index >= 15 is 0 Å². The lowest BCUT2D eigenvalue weighted by molar-refractivity contribution is 0.579. The molecular formula is C20H22N2O2S2. The molecule has 0 aliphatic rings. The highest BCUT2D eigenvalue weighted by Gasteiger charge is 2.22. The third kappa shape index (κ3) is 3.58. The minimum atomic E-state index is -3.63. The van der Waals surface area contributed by atoms with E-state index in [9.17, 15) is 8.42 Å². The van der Waals surface area contributed by atoms with Crippen LogP contribution in [0.15, 0.2) is 46.1 Å². The highest BCUT2D eigenvalue weighted by molar-refractivity contribution is 7.89. The number of aryl methyl sites for hydroxylation is 2. The van der Waals surface area contributed by atoms with E-state index in [0.717, 1.165) is 39.1 Å². The van der Waals surface area contributed by atoms with Crippen molar-refractivity contribution < 1.29 is 8.42 Å². The van der Waals surface area contributed by atoms with Crippen molar-refractivity contribution >= 4 is 21.4 Å². The van der Waals surface area contributed by atoms with E-state index in [4.69, 9.17) is 0 Å². The Bertz CT molecular complexity index is 1010. The van der Waals surface area contributed by atoms with Gasteiger partial charge >= 0.3 is 0 Å². The van der Waals surface area contributed by atoms with Crippen LogP contribution in [0.25, 0.3) is 11.3 Å². The summed E-state index contributed by atoms with van der Waals surface area (Å²) in [6.07, 6.45) is 1.73. The molecule has 0 saturated heterocycles. The SMILES string of the molecule is Cc1cc(C)c(C)c(S(=O)(=O)NCc2cccnc2-c2ccsc2)c1C. The number of sulfonamides is 1. The van der Waals surface area contributed by atoms with Gasteiger partial charge in [-0.3, -0.25) is 4.98 Å². The first kappa shape index (κ1) is 18.8. The van der Waals surface area contributed by atoms with Crippen molar-refractivity contribution in [2.24, 2.45) is 0 Å². The molecule has 136 valence electrons. The number of thiophene rings is 1. The van der Waals surface area contributed by atoms with Crippen molar-refractivity contribution in [3.05, 3.63) is 69.0 Å². The van der Waals surface area contributed by atoms with Crippen LogP contribution < -0.4 is 4.72 Å². The molecule has 0 saturated carbocycles. The molecule has 2 aromatic heterocycles. The Morgan fingerprint density at radius 3 is 2.38 bits per heavy atom. The number of benzene rings is 1. The Kier molecular flexibility index (Phi) is 5.27. The van der Waals surface area contributed by atoms with Crippen molar-refractivity contribution in [2.45, 2.75) is 39.1 Å². The summed E-state index contributed by atoms with van der Waals surface area (Å²) in [5.74, 6) is 0. The van der Waals surface area contributed by atoms with Gasteiger partial charge in [-0.05, 0) is 73.0 Å². The Labute approximate surface area is 159 Å². The van der Waals surface area contributed by atoms with Crippen molar-refractivity contribution in [2.75, 3.05) is 0 Å². The maximum atomic E-state index is 13.0. The monoisotopic (exact) mass is 386 g/mol. The molecule has 0 aliphatic heterocycles. The predicted octanol–water partition coefficient (Wildman–Crippen LogP) is 4.52. The molecule has 26 heavy (non-hydrogen) atoms. The quantitative estimate of drug-likeness (QED) is 0.701. The van der Waals surface area contributed by atoms with Crippen LogP contribution in [0.2, 0.25) is 0 Å². The lowest BCUT2D eigenvalue weighted by atomic mass is 10.0. The van der Waals surface area contributed by atoms with Gasteiger partial charge in [-0.1, -0.05) is 12.1 Å². The molecular weight excluding hydrogens is 364 g/mol. The van der Waals surface area contributed by atoms with Crippen LogP contribution in [-0.2, 0) is 16.6 Å². The average molecular weight is 387 g/mol. The molecule has 1 N–H and O–H groups in total. The highest BCUT2D eigenvalue weighted by atomic mass is 32.2. The van der Waals surface area contributed by atoms with Gasteiger partial charge in [0.15, 0.2) is 0 Å².